The molecular weight excluding hydrogens is 411 g/mol. The number of hydrogen-bond acceptors (Lipinski definition) is 6. The molecule has 1 aliphatic heterocycles. The Hall–Kier alpha value is -3.33. The monoisotopic (exact) mass is 430 g/mol. The Labute approximate surface area is 176 Å². The zero-order valence-electron chi connectivity index (χ0n) is 16.2. The molecule has 0 aliphatic carbocycles. The molecule has 1 aliphatic rings. The van der Waals surface area contributed by atoms with Crippen molar-refractivity contribution in [1.82, 2.24) is 5.32 Å². The molecule has 2 aromatic rings. The van der Waals surface area contributed by atoms with Gasteiger partial charge in [0.05, 0.1) is 17.2 Å². The van der Waals surface area contributed by atoms with Gasteiger partial charge < -0.3 is 19.9 Å². The van der Waals surface area contributed by atoms with Crippen molar-refractivity contribution < 1.29 is 28.6 Å². The van der Waals surface area contributed by atoms with E-state index in [0.717, 1.165) is 11.8 Å². The number of benzene rings is 2. The van der Waals surface area contributed by atoms with Gasteiger partial charge in [0.1, 0.15) is 5.82 Å². The van der Waals surface area contributed by atoms with Gasteiger partial charge in [-0.05, 0) is 73.6 Å². The van der Waals surface area contributed by atoms with Crippen LogP contribution in [0.25, 0.3) is 6.08 Å². The summed E-state index contributed by atoms with van der Waals surface area (Å²) in [5, 5.41) is 12.1. The van der Waals surface area contributed by atoms with Crippen LogP contribution >= 0.6 is 11.8 Å². The van der Waals surface area contributed by atoms with Crippen molar-refractivity contribution in [3.8, 4) is 11.5 Å². The quantitative estimate of drug-likeness (QED) is 0.645. The van der Waals surface area contributed by atoms with Gasteiger partial charge in [-0.25, -0.2) is 14.2 Å². The molecule has 1 atom stereocenters. The van der Waals surface area contributed by atoms with Crippen LogP contribution in [0.5, 0.6) is 11.5 Å². The molecule has 0 aromatic heterocycles. The maximum Gasteiger partial charge on any atom is 0.344 e. The number of carboxylic acid groups (broad SMARTS) is 1. The highest BCUT2D eigenvalue weighted by atomic mass is 32.2. The van der Waals surface area contributed by atoms with Crippen molar-refractivity contribution >= 4 is 40.6 Å². The van der Waals surface area contributed by atoms with E-state index in [1.54, 1.807) is 31.2 Å². The number of aliphatic carboxylic acids is 1. The molecule has 1 saturated heterocycles. The highest BCUT2D eigenvalue weighted by Crippen LogP contribution is 2.33. The Morgan fingerprint density at radius 2 is 2.00 bits per heavy atom. The molecule has 0 radical (unpaired) electrons. The number of hydrogen-bond donors (Lipinski definition) is 2. The highest BCUT2D eigenvalue weighted by molar-refractivity contribution is 8.18. The largest absolute Gasteiger partial charge is 0.490 e. The van der Waals surface area contributed by atoms with E-state index in [2.05, 4.69) is 10.3 Å². The molecule has 1 fully saturated rings. The molecule has 0 bridgehead atoms. The summed E-state index contributed by atoms with van der Waals surface area (Å²) >= 11 is 1.16. The standard InChI is InChI=1S/C21H19FN2O5S/c1-3-28-17-10-13(4-9-16(17)29-12(2)20(26)27)11-18-19(25)24-21(30-18)23-15-7-5-14(22)6-8-15/h4-12H,3H2,1-2H3,(H,26,27)(H,23,24,25)/b18-11+/t12-/m1/s1. The first kappa shape index (κ1) is 21.4. The Kier molecular flexibility index (Phi) is 6.73. The Bertz CT molecular complexity index is 1020. The minimum absolute atomic E-state index is 0.302. The molecule has 9 heteroatoms. The molecule has 0 saturated carbocycles. The number of nitrogens with one attached hydrogen (secondary N) is 1. The molecule has 0 spiro atoms. The summed E-state index contributed by atoms with van der Waals surface area (Å²) < 4.78 is 24.0. The SMILES string of the molecule is CCOc1cc(/C=C2/SC(=Nc3ccc(F)cc3)NC2=O)ccc1O[C@H](C)C(=O)O. The average molecular weight is 430 g/mol. The topological polar surface area (TPSA) is 97.2 Å². The van der Waals surface area contributed by atoms with E-state index in [1.165, 1.54) is 31.2 Å². The molecule has 7 nitrogen and oxygen atoms in total. The molecule has 0 unspecified atom stereocenters. The highest BCUT2D eigenvalue weighted by Gasteiger charge is 2.24. The molecule has 2 aromatic carbocycles. The number of nitrogens with zero attached hydrogens (tertiary/aromatic N) is 1. The van der Waals surface area contributed by atoms with Crippen LogP contribution in [0.15, 0.2) is 52.4 Å². The zero-order valence-corrected chi connectivity index (χ0v) is 17.0. The van der Waals surface area contributed by atoms with Crippen molar-refractivity contribution in [3.05, 3.63) is 58.8 Å². The third-order valence-electron chi connectivity index (χ3n) is 3.93. The van der Waals surface area contributed by atoms with Gasteiger partial charge in [-0.15, -0.1) is 0 Å². The lowest BCUT2D eigenvalue weighted by Gasteiger charge is -2.15. The fourth-order valence-corrected chi connectivity index (χ4v) is 3.33. The van der Waals surface area contributed by atoms with Crippen LogP contribution in [-0.4, -0.2) is 34.9 Å². The molecular formula is C21H19FN2O5S. The van der Waals surface area contributed by atoms with Crippen LogP contribution in [0.3, 0.4) is 0 Å². The Balaban J connectivity index is 1.81. The normalized spacial score (nSPS) is 17.1. The second kappa shape index (κ2) is 9.45. The lowest BCUT2D eigenvalue weighted by Crippen LogP contribution is -2.23. The minimum Gasteiger partial charge on any atom is -0.490 e. The Morgan fingerprint density at radius 1 is 1.27 bits per heavy atom. The third kappa shape index (κ3) is 5.38. The maximum absolute atomic E-state index is 13.0. The smallest absolute Gasteiger partial charge is 0.344 e. The van der Waals surface area contributed by atoms with Crippen molar-refractivity contribution in [1.29, 1.82) is 0 Å². The number of carboxylic acids is 1. The summed E-state index contributed by atoms with van der Waals surface area (Å²) in [5.41, 5.74) is 1.20. The number of carbonyl (C=O) groups is 2. The van der Waals surface area contributed by atoms with Crippen LogP contribution in [0, 0.1) is 5.82 Å². The van der Waals surface area contributed by atoms with Crippen molar-refractivity contribution in [2.75, 3.05) is 6.61 Å². The van der Waals surface area contributed by atoms with Gasteiger partial charge in [-0.2, -0.15) is 0 Å². The zero-order chi connectivity index (χ0) is 21.7. The number of ether oxygens (including phenoxy) is 2. The lowest BCUT2D eigenvalue weighted by atomic mass is 10.2. The molecule has 1 heterocycles. The van der Waals surface area contributed by atoms with Gasteiger partial charge in [0.15, 0.2) is 22.8 Å². The molecule has 1 amide bonds. The van der Waals surface area contributed by atoms with E-state index in [0.29, 0.717) is 39.4 Å². The fourth-order valence-electron chi connectivity index (χ4n) is 2.49. The number of halogens is 1. The summed E-state index contributed by atoms with van der Waals surface area (Å²) in [6, 6.07) is 10.6. The van der Waals surface area contributed by atoms with Crippen LogP contribution in [0.4, 0.5) is 10.1 Å². The predicted octanol–water partition coefficient (Wildman–Crippen LogP) is 3.97. The van der Waals surface area contributed by atoms with Crippen molar-refractivity contribution in [2.45, 2.75) is 20.0 Å². The average Bonchev–Trinajstić information content (AvgIpc) is 3.04. The van der Waals surface area contributed by atoms with E-state index in [1.807, 2.05) is 0 Å². The number of amides is 1. The third-order valence-corrected chi connectivity index (χ3v) is 4.83. The van der Waals surface area contributed by atoms with E-state index in [4.69, 9.17) is 14.6 Å². The maximum atomic E-state index is 13.0. The number of carbonyl (C=O) groups excluding carboxylic acids is 1. The van der Waals surface area contributed by atoms with E-state index >= 15 is 0 Å². The minimum atomic E-state index is -1.09. The van der Waals surface area contributed by atoms with Gasteiger partial charge in [-0.3, -0.25) is 4.79 Å². The van der Waals surface area contributed by atoms with Crippen molar-refractivity contribution in [3.63, 3.8) is 0 Å². The van der Waals surface area contributed by atoms with Crippen LogP contribution in [-0.2, 0) is 9.59 Å². The summed E-state index contributed by atoms with van der Waals surface area (Å²) in [6.07, 6.45) is 0.634. The van der Waals surface area contributed by atoms with Gasteiger partial charge in [0.2, 0.25) is 0 Å². The second-order valence-corrected chi connectivity index (χ2v) is 7.23. The number of aliphatic imine (C=N–C) groups is 1. The van der Waals surface area contributed by atoms with Crippen molar-refractivity contribution in [2.24, 2.45) is 4.99 Å². The number of thioether (sulfide) groups is 1. The summed E-state index contributed by atoms with van der Waals surface area (Å²) in [6.45, 7) is 3.59. The lowest BCUT2D eigenvalue weighted by molar-refractivity contribution is -0.144. The Morgan fingerprint density at radius 3 is 2.67 bits per heavy atom. The van der Waals surface area contributed by atoms with Gasteiger partial charge in [0, 0.05) is 0 Å². The first-order valence-corrected chi connectivity index (χ1v) is 9.89. The van der Waals surface area contributed by atoms with E-state index < -0.39 is 12.1 Å². The molecule has 2 N–H and O–H groups in total. The fraction of sp³-hybridized carbons (Fsp3) is 0.190. The summed E-state index contributed by atoms with van der Waals surface area (Å²) in [7, 11) is 0. The molecule has 3 rings (SSSR count). The van der Waals surface area contributed by atoms with Gasteiger partial charge in [-0.1, -0.05) is 6.07 Å². The summed E-state index contributed by atoms with van der Waals surface area (Å²) in [5.74, 6) is -1.08. The molecule has 156 valence electrons. The first-order chi connectivity index (χ1) is 14.4. The summed E-state index contributed by atoms with van der Waals surface area (Å²) in [4.78, 5) is 28.0. The van der Waals surface area contributed by atoms with Gasteiger partial charge >= 0.3 is 5.97 Å². The van der Waals surface area contributed by atoms with Crippen LogP contribution in [0.1, 0.15) is 19.4 Å². The van der Waals surface area contributed by atoms with Crippen LogP contribution < -0.4 is 14.8 Å². The molecule has 30 heavy (non-hydrogen) atoms. The first-order valence-electron chi connectivity index (χ1n) is 9.07. The predicted molar refractivity (Wildman–Crippen MR) is 113 cm³/mol. The van der Waals surface area contributed by atoms with E-state index in [9.17, 15) is 14.0 Å². The number of amidine groups is 1. The number of rotatable bonds is 7. The van der Waals surface area contributed by atoms with Gasteiger partial charge in [0.25, 0.3) is 5.91 Å². The van der Waals surface area contributed by atoms with Crippen LogP contribution in [0.2, 0.25) is 0 Å². The second-order valence-electron chi connectivity index (χ2n) is 6.20. The van der Waals surface area contributed by atoms with E-state index in [-0.39, 0.29) is 11.7 Å².